The molecular weight excluding hydrogens is 270 g/mol. The molecule has 0 aliphatic rings. The van der Waals surface area contributed by atoms with Crippen LogP contribution in [0.25, 0.3) is 0 Å². The highest BCUT2D eigenvalue weighted by molar-refractivity contribution is 6.30. The molecule has 1 heterocycles. The Morgan fingerprint density at radius 1 is 1.58 bits per heavy atom. The van der Waals surface area contributed by atoms with Crippen LogP contribution in [0.15, 0.2) is 12.3 Å². The summed E-state index contributed by atoms with van der Waals surface area (Å²) in [6, 6.07) is 1.28. The second-order valence-electron chi connectivity index (χ2n) is 4.33. The van der Waals surface area contributed by atoms with Crippen molar-refractivity contribution in [3.8, 4) is 0 Å². The van der Waals surface area contributed by atoms with E-state index in [1.54, 1.807) is 0 Å². The van der Waals surface area contributed by atoms with Gasteiger partial charge in [0.05, 0.1) is 9.95 Å². The van der Waals surface area contributed by atoms with Gasteiger partial charge in [-0.1, -0.05) is 24.9 Å². The minimum absolute atomic E-state index is 0.114. The van der Waals surface area contributed by atoms with Crippen LogP contribution < -0.4 is 5.32 Å². The van der Waals surface area contributed by atoms with Crippen LogP contribution in [-0.2, 0) is 0 Å². The van der Waals surface area contributed by atoms with Crippen LogP contribution in [0.3, 0.4) is 0 Å². The number of hydrogen-bond donors (Lipinski definition) is 2. The third-order valence-electron chi connectivity index (χ3n) is 2.82. The zero-order valence-corrected chi connectivity index (χ0v) is 11.6. The van der Waals surface area contributed by atoms with Crippen molar-refractivity contribution in [2.24, 2.45) is 5.92 Å². The summed E-state index contributed by atoms with van der Waals surface area (Å²) in [6.07, 6.45) is 4.00. The number of halogens is 1. The molecule has 6 nitrogen and oxygen atoms in total. The monoisotopic (exact) mass is 287 g/mol. The second kappa shape index (κ2) is 7.91. The maximum atomic E-state index is 10.9. The van der Waals surface area contributed by atoms with Crippen molar-refractivity contribution in [2.75, 3.05) is 18.5 Å². The van der Waals surface area contributed by atoms with Gasteiger partial charge in [-0.15, -0.1) is 0 Å². The minimum Gasteiger partial charge on any atom is -0.396 e. The Labute approximate surface area is 117 Å². The molecule has 106 valence electrons. The van der Waals surface area contributed by atoms with E-state index in [9.17, 15) is 10.1 Å². The van der Waals surface area contributed by atoms with E-state index < -0.39 is 4.92 Å². The van der Waals surface area contributed by atoms with Crippen LogP contribution >= 0.6 is 11.6 Å². The van der Waals surface area contributed by atoms with Crippen molar-refractivity contribution in [3.05, 3.63) is 27.4 Å². The molecule has 0 aliphatic carbocycles. The van der Waals surface area contributed by atoms with Crippen LogP contribution in [0.5, 0.6) is 0 Å². The maximum absolute atomic E-state index is 10.9. The van der Waals surface area contributed by atoms with Gasteiger partial charge in [-0.2, -0.15) is 0 Å². The molecule has 1 atom stereocenters. The molecule has 0 aliphatic heterocycles. The largest absolute Gasteiger partial charge is 0.396 e. The van der Waals surface area contributed by atoms with Crippen molar-refractivity contribution in [3.63, 3.8) is 0 Å². The number of anilines is 1. The Morgan fingerprint density at radius 2 is 2.32 bits per heavy atom. The molecule has 1 aromatic heterocycles. The molecule has 7 heteroatoms. The van der Waals surface area contributed by atoms with Crippen molar-refractivity contribution in [1.82, 2.24) is 4.98 Å². The molecule has 0 radical (unpaired) electrons. The average molecular weight is 288 g/mol. The Kier molecular flexibility index (Phi) is 6.52. The second-order valence-corrected chi connectivity index (χ2v) is 4.76. The van der Waals surface area contributed by atoms with Gasteiger partial charge in [-0.05, 0) is 18.8 Å². The number of nitro groups is 1. The van der Waals surface area contributed by atoms with E-state index in [4.69, 9.17) is 16.7 Å². The normalized spacial score (nSPS) is 12.2. The molecule has 0 aromatic carbocycles. The quantitative estimate of drug-likeness (QED) is 0.567. The first-order valence-corrected chi connectivity index (χ1v) is 6.61. The first-order chi connectivity index (χ1) is 9.08. The van der Waals surface area contributed by atoms with E-state index in [-0.39, 0.29) is 29.1 Å². The van der Waals surface area contributed by atoms with Crippen molar-refractivity contribution in [1.29, 1.82) is 0 Å². The smallest absolute Gasteiger partial charge is 0.312 e. The van der Waals surface area contributed by atoms with E-state index in [0.29, 0.717) is 13.0 Å². The highest BCUT2D eigenvalue weighted by Crippen LogP contribution is 2.25. The number of pyridine rings is 1. The van der Waals surface area contributed by atoms with E-state index in [1.807, 2.05) is 0 Å². The average Bonchev–Trinajstić information content (AvgIpc) is 2.37. The Morgan fingerprint density at radius 3 is 2.89 bits per heavy atom. The van der Waals surface area contributed by atoms with E-state index >= 15 is 0 Å². The molecule has 1 unspecified atom stereocenters. The lowest BCUT2D eigenvalue weighted by atomic mass is 10.0. The van der Waals surface area contributed by atoms with Crippen LogP contribution in [0.1, 0.15) is 26.2 Å². The zero-order valence-electron chi connectivity index (χ0n) is 10.8. The first-order valence-electron chi connectivity index (χ1n) is 6.23. The molecular formula is C12H18ClN3O3. The number of hydrogen-bond acceptors (Lipinski definition) is 5. The van der Waals surface area contributed by atoms with Gasteiger partial charge < -0.3 is 10.4 Å². The highest BCUT2D eigenvalue weighted by Gasteiger charge is 2.17. The van der Waals surface area contributed by atoms with Gasteiger partial charge in [0.1, 0.15) is 0 Å². The number of aliphatic hydroxyl groups is 1. The van der Waals surface area contributed by atoms with E-state index in [1.165, 1.54) is 12.3 Å². The Hall–Kier alpha value is -1.40. The minimum atomic E-state index is -0.512. The molecule has 1 rings (SSSR count). The molecule has 2 N–H and O–H groups in total. The number of nitrogens with zero attached hydrogens (tertiary/aromatic N) is 2. The third kappa shape index (κ3) is 5.00. The predicted molar refractivity (Wildman–Crippen MR) is 74.5 cm³/mol. The molecule has 0 bridgehead atoms. The summed E-state index contributed by atoms with van der Waals surface area (Å²) in [4.78, 5) is 14.3. The fourth-order valence-electron chi connectivity index (χ4n) is 1.88. The molecule has 0 fully saturated rings. The van der Waals surface area contributed by atoms with Gasteiger partial charge in [0.25, 0.3) is 0 Å². The summed E-state index contributed by atoms with van der Waals surface area (Å²) in [5, 5.41) is 23.1. The summed E-state index contributed by atoms with van der Waals surface area (Å²) in [6.45, 7) is 2.72. The zero-order chi connectivity index (χ0) is 14.3. The van der Waals surface area contributed by atoms with Crippen molar-refractivity contribution >= 4 is 23.1 Å². The van der Waals surface area contributed by atoms with E-state index in [0.717, 1.165) is 12.8 Å². The summed E-state index contributed by atoms with van der Waals surface area (Å²) in [5.41, 5.74) is -0.133. The van der Waals surface area contributed by atoms with Crippen LogP contribution in [0.4, 0.5) is 11.5 Å². The van der Waals surface area contributed by atoms with Gasteiger partial charge in [0, 0.05) is 25.4 Å². The summed E-state index contributed by atoms with van der Waals surface area (Å²) in [5.74, 6) is 0.487. The highest BCUT2D eigenvalue weighted by atomic mass is 35.5. The lowest BCUT2D eigenvalue weighted by Crippen LogP contribution is -2.17. The summed E-state index contributed by atoms with van der Waals surface area (Å²) in [7, 11) is 0. The van der Waals surface area contributed by atoms with Gasteiger partial charge in [-0.3, -0.25) is 10.1 Å². The maximum Gasteiger partial charge on any atom is 0.312 e. The van der Waals surface area contributed by atoms with E-state index in [2.05, 4.69) is 17.2 Å². The molecule has 19 heavy (non-hydrogen) atoms. The Bertz CT molecular complexity index is 423. The topological polar surface area (TPSA) is 88.3 Å². The van der Waals surface area contributed by atoms with Crippen LogP contribution in [0, 0.1) is 16.0 Å². The number of aliphatic hydroxyl groups excluding tert-OH is 1. The van der Waals surface area contributed by atoms with Crippen LogP contribution in [0.2, 0.25) is 5.02 Å². The van der Waals surface area contributed by atoms with Gasteiger partial charge in [0.15, 0.2) is 0 Å². The fraction of sp³-hybridized carbons (Fsp3) is 0.583. The molecule has 0 saturated carbocycles. The lowest BCUT2D eigenvalue weighted by molar-refractivity contribution is -0.384. The number of nitrogens with one attached hydrogen (secondary N) is 1. The predicted octanol–water partition coefficient (Wildman–Crippen LogP) is 2.85. The number of rotatable bonds is 8. The summed E-state index contributed by atoms with van der Waals surface area (Å²) >= 11 is 5.70. The Balaban J connectivity index is 2.73. The third-order valence-corrected chi connectivity index (χ3v) is 3.03. The van der Waals surface area contributed by atoms with Crippen LogP contribution in [-0.4, -0.2) is 28.2 Å². The summed E-state index contributed by atoms with van der Waals surface area (Å²) < 4.78 is 0. The standard InChI is InChI=1S/C12H18ClN3O3/c1-2-3-9(4-5-17)7-14-12-11(16(18)19)6-10(13)8-15-12/h6,8-9,17H,2-5,7H2,1H3,(H,14,15). The fourth-order valence-corrected chi connectivity index (χ4v) is 2.04. The first kappa shape index (κ1) is 15.7. The lowest BCUT2D eigenvalue weighted by Gasteiger charge is -2.15. The molecule has 0 amide bonds. The molecule has 0 saturated heterocycles. The number of aromatic nitrogens is 1. The SMILES string of the molecule is CCCC(CCO)CNc1ncc(Cl)cc1[N+](=O)[O-]. The van der Waals surface area contributed by atoms with Crippen molar-refractivity contribution < 1.29 is 10.0 Å². The van der Waals surface area contributed by atoms with Crippen molar-refractivity contribution in [2.45, 2.75) is 26.2 Å². The van der Waals surface area contributed by atoms with Gasteiger partial charge in [0.2, 0.25) is 5.82 Å². The molecule has 1 aromatic rings. The van der Waals surface area contributed by atoms with Gasteiger partial charge >= 0.3 is 5.69 Å². The van der Waals surface area contributed by atoms with Gasteiger partial charge in [-0.25, -0.2) is 4.98 Å². The molecule has 0 spiro atoms.